The van der Waals surface area contributed by atoms with Gasteiger partial charge >= 0.3 is 0 Å². The van der Waals surface area contributed by atoms with E-state index in [1.54, 1.807) is 6.08 Å². The van der Waals surface area contributed by atoms with Crippen LogP contribution in [0.5, 0.6) is 0 Å². The van der Waals surface area contributed by atoms with Crippen molar-refractivity contribution in [3.05, 3.63) is 59.9 Å². The highest BCUT2D eigenvalue weighted by Gasteiger charge is 2.02. The fourth-order valence-corrected chi connectivity index (χ4v) is 1.79. The van der Waals surface area contributed by atoms with Crippen molar-refractivity contribution < 1.29 is 10.0 Å². The summed E-state index contributed by atoms with van der Waals surface area (Å²) in [7, 11) is 1.30. The molecule has 19 heavy (non-hydrogen) atoms. The Morgan fingerprint density at radius 2 is 2.05 bits per heavy atom. The first-order chi connectivity index (χ1) is 9.08. The third-order valence-corrected chi connectivity index (χ3v) is 2.85. The Labute approximate surface area is 112 Å². The third kappa shape index (κ3) is 3.11. The second-order valence-electron chi connectivity index (χ2n) is 4.33. The fourth-order valence-electron chi connectivity index (χ4n) is 1.79. The van der Waals surface area contributed by atoms with Gasteiger partial charge in [-0.25, -0.2) is 5.06 Å². The molecule has 0 atom stereocenters. The quantitative estimate of drug-likeness (QED) is 0.521. The van der Waals surface area contributed by atoms with Crippen LogP contribution in [0.3, 0.4) is 0 Å². The SMILES string of the molecule is Cc1ccccc1-n1ccc(C=CC(=O)N(C)O)c1. The van der Waals surface area contributed by atoms with Crippen molar-refractivity contribution in [2.45, 2.75) is 6.92 Å². The smallest absolute Gasteiger partial charge is 0.269 e. The number of para-hydroxylation sites is 1. The maximum absolute atomic E-state index is 11.2. The summed E-state index contributed by atoms with van der Waals surface area (Å²) in [5.74, 6) is -0.455. The largest absolute Gasteiger partial charge is 0.323 e. The molecule has 0 fully saturated rings. The molecule has 1 amide bonds. The van der Waals surface area contributed by atoms with Gasteiger partial charge in [-0.2, -0.15) is 0 Å². The molecular formula is C15H16N2O2. The van der Waals surface area contributed by atoms with Crippen molar-refractivity contribution in [1.29, 1.82) is 0 Å². The highest BCUT2D eigenvalue weighted by molar-refractivity contribution is 5.90. The average molecular weight is 256 g/mol. The van der Waals surface area contributed by atoms with Crippen LogP contribution in [0.4, 0.5) is 0 Å². The molecule has 0 aliphatic heterocycles. The van der Waals surface area contributed by atoms with E-state index in [1.165, 1.54) is 18.7 Å². The molecule has 0 spiro atoms. The molecule has 1 aromatic heterocycles. The number of aryl methyl sites for hydroxylation is 1. The Kier molecular flexibility index (Phi) is 3.82. The number of benzene rings is 1. The lowest BCUT2D eigenvalue weighted by Gasteiger charge is -2.05. The van der Waals surface area contributed by atoms with Crippen LogP contribution in [-0.2, 0) is 4.79 Å². The van der Waals surface area contributed by atoms with Crippen LogP contribution in [0.1, 0.15) is 11.1 Å². The van der Waals surface area contributed by atoms with E-state index in [2.05, 4.69) is 13.0 Å². The van der Waals surface area contributed by atoms with Crippen molar-refractivity contribution in [1.82, 2.24) is 9.63 Å². The van der Waals surface area contributed by atoms with Crippen LogP contribution in [0.15, 0.2) is 48.8 Å². The molecule has 98 valence electrons. The monoisotopic (exact) mass is 256 g/mol. The van der Waals surface area contributed by atoms with E-state index in [-0.39, 0.29) is 0 Å². The van der Waals surface area contributed by atoms with Crippen molar-refractivity contribution >= 4 is 12.0 Å². The number of hydrogen-bond donors (Lipinski definition) is 1. The number of aromatic nitrogens is 1. The lowest BCUT2D eigenvalue weighted by atomic mass is 10.2. The Morgan fingerprint density at radius 1 is 1.32 bits per heavy atom. The molecule has 0 aliphatic carbocycles. The summed E-state index contributed by atoms with van der Waals surface area (Å²) in [4.78, 5) is 11.2. The first kappa shape index (κ1) is 13.1. The molecule has 2 rings (SSSR count). The minimum absolute atomic E-state index is 0.455. The van der Waals surface area contributed by atoms with Gasteiger partial charge in [0, 0.05) is 31.2 Å². The summed E-state index contributed by atoms with van der Waals surface area (Å²) in [6, 6.07) is 9.99. The number of rotatable bonds is 3. The molecule has 2 aromatic rings. The predicted molar refractivity (Wildman–Crippen MR) is 74.1 cm³/mol. The van der Waals surface area contributed by atoms with Gasteiger partial charge in [-0.3, -0.25) is 10.0 Å². The van der Waals surface area contributed by atoms with Crippen LogP contribution in [0.2, 0.25) is 0 Å². The van der Waals surface area contributed by atoms with Gasteiger partial charge in [0.2, 0.25) is 0 Å². The summed E-state index contributed by atoms with van der Waals surface area (Å²) in [5, 5.41) is 9.50. The van der Waals surface area contributed by atoms with Gasteiger partial charge in [0.05, 0.1) is 0 Å². The summed E-state index contributed by atoms with van der Waals surface area (Å²) in [6.45, 7) is 2.05. The molecule has 4 nitrogen and oxygen atoms in total. The molecule has 0 unspecified atom stereocenters. The number of hydroxylamine groups is 2. The normalized spacial score (nSPS) is 10.9. The average Bonchev–Trinajstić information content (AvgIpc) is 2.85. The summed E-state index contributed by atoms with van der Waals surface area (Å²) in [6.07, 6.45) is 6.87. The number of nitrogens with zero attached hydrogens (tertiary/aromatic N) is 2. The van der Waals surface area contributed by atoms with Gasteiger partial charge in [0.1, 0.15) is 0 Å². The van der Waals surface area contributed by atoms with Gasteiger partial charge in [0.15, 0.2) is 0 Å². The zero-order valence-corrected chi connectivity index (χ0v) is 10.9. The molecule has 1 heterocycles. The van der Waals surface area contributed by atoms with Crippen molar-refractivity contribution in [2.75, 3.05) is 7.05 Å². The fraction of sp³-hybridized carbons (Fsp3) is 0.133. The molecule has 0 aliphatic rings. The number of carbonyl (C=O) groups is 1. The van der Waals surface area contributed by atoms with E-state index < -0.39 is 5.91 Å². The lowest BCUT2D eigenvalue weighted by molar-refractivity contribution is -0.153. The van der Waals surface area contributed by atoms with Crippen molar-refractivity contribution in [2.24, 2.45) is 0 Å². The molecular weight excluding hydrogens is 240 g/mol. The zero-order valence-electron chi connectivity index (χ0n) is 10.9. The number of likely N-dealkylation sites (N-methyl/N-ethyl adjacent to an activating group) is 1. The number of hydrogen-bond acceptors (Lipinski definition) is 2. The molecule has 1 aromatic carbocycles. The maximum atomic E-state index is 11.2. The highest BCUT2D eigenvalue weighted by Crippen LogP contribution is 2.15. The van der Waals surface area contributed by atoms with Gasteiger partial charge in [-0.1, -0.05) is 18.2 Å². The zero-order chi connectivity index (χ0) is 13.8. The maximum Gasteiger partial charge on any atom is 0.269 e. The van der Waals surface area contributed by atoms with E-state index in [1.807, 2.05) is 41.2 Å². The Hall–Kier alpha value is -2.33. The minimum atomic E-state index is -0.455. The Morgan fingerprint density at radius 3 is 2.74 bits per heavy atom. The minimum Gasteiger partial charge on any atom is -0.323 e. The second-order valence-corrected chi connectivity index (χ2v) is 4.33. The molecule has 0 saturated carbocycles. The Balaban J connectivity index is 2.21. The Bertz CT molecular complexity index is 612. The van der Waals surface area contributed by atoms with Crippen molar-refractivity contribution in [3.63, 3.8) is 0 Å². The molecule has 0 radical (unpaired) electrons. The lowest BCUT2D eigenvalue weighted by Crippen LogP contribution is -2.19. The van der Waals surface area contributed by atoms with E-state index in [4.69, 9.17) is 5.21 Å². The summed E-state index contributed by atoms with van der Waals surface area (Å²) in [5.41, 5.74) is 3.19. The second kappa shape index (κ2) is 5.54. The van der Waals surface area contributed by atoms with Crippen molar-refractivity contribution in [3.8, 4) is 5.69 Å². The van der Waals surface area contributed by atoms with Gasteiger partial charge in [-0.05, 0) is 36.3 Å². The summed E-state index contributed by atoms with van der Waals surface area (Å²) < 4.78 is 2.00. The molecule has 0 saturated heterocycles. The first-order valence-corrected chi connectivity index (χ1v) is 5.96. The van der Waals surface area contributed by atoms with Gasteiger partial charge < -0.3 is 4.57 Å². The number of amides is 1. The topological polar surface area (TPSA) is 45.5 Å². The molecule has 0 bridgehead atoms. The van der Waals surface area contributed by atoms with E-state index in [0.717, 1.165) is 11.3 Å². The van der Waals surface area contributed by atoms with Gasteiger partial charge in [-0.15, -0.1) is 0 Å². The standard InChI is InChI=1S/C15H16N2O2/c1-12-5-3-4-6-14(12)17-10-9-13(11-17)7-8-15(18)16(2)19/h3-11,19H,1-2H3. The van der Waals surface area contributed by atoms with Crippen LogP contribution in [0, 0.1) is 6.92 Å². The van der Waals surface area contributed by atoms with Crippen LogP contribution >= 0.6 is 0 Å². The van der Waals surface area contributed by atoms with Gasteiger partial charge in [0.25, 0.3) is 5.91 Å². The third-order valence-electron chi connectivity index (χ3n) is 2.85. The van der Waals surface area contributed by atoms with E-state index in [9.17, 15) is 4.79 Å². The van der Waals surface area contributed by atoms with E-state index in [0.29, 0.717) is 5.06 Å². The van der Waals surface area contributed by atoms with Crippen LogP contribution in [0.25, 0.3) is 11.8 Å². The molecule has 4 heteroatoms. The molecule has 1 N–H and O–H groups in total. The predicted octanol–water partition coefficient (Wildman–Crippen LogP) is 2.65. The highest BCUT2D eigenvalue weighted by atomic mass is 16.5. The van der Waals surface area contributed by atoms with Crippen LogP contribution in [-0.4, -0.2) is 27.8 Å². The first-order valence-electron chi connectivity index (χ1n) is 5.96. The summed E-state index contributed by atoms with van der Waals surface area (Å²) >= 11 is 0. The van der Waals surface area contributed by atoms with Crippen LogP contribution < -0.4 is 0 Å². The number of carbonyl (C=O) groups excluding carboxylic acids is 1. The van der Waals surface area contributed by atoms with E-state index >= 15 is 0 Å².